The Balaban J connectivity index is 2.49. The monoisotopic (exact) mass is 180 g/mol. The van der Waals surface area contributed by atoms with Crippen LogP contribution in [0.5, 0.6) is 0 Å². The van der Waals surface area contributed by atoms with Crippen molar-refractivity contribution < 1.29 is 9.90 Å². The molecule has 3 heteroatoms. The first-order valence-electron chi connectivity index (χ1n) is 3.73. The Bertz CT molecular complexity index is 322. The van der Waals surface area contributed by atoms with Gasteiger partial charge in [0, 0.05) is 16.2 Å². The fourth-order valence-electron chi connectivity index (χ4n) is 1.22. The molecule has 2 nitrogen and oxygen atoms in total. The van der Waals surface area contributed by atoms with Crippen LogP contribution in [0.3, 0.4) is 0 Å². The first-order valence-corrected chi connectivity index (χ1v) is 4.71. The summed E-state index contributed by atoms with van der Waals surface area (Å²) >= 11 is 1.53. The van der Waals surface area contributed by atoms with Crippen molar-refractivity contribution in [2.45, 2.75) is 11.0 Å². The quantitative estimate of drug-likeness (QED) is 0.654. The van der Waals surface area contributed by atoms with E-state index in [4.69, 9.17) is 0 Å². The summed E-state index contributed by atoms with van der Waals surface area (Å²) in [5, 5.41) is 9.25. The van der Waals surface area contributed by atoms with Crippen LogP contribution < -0.4 is 0 Å². The zero-order chi connectivity index (χ0) is 8.55. The van der Waals surface area contributed by atoms with Gasteiger partial charge >= 0.3 is 0 Å². The molecule has 12 heavy (non-hydrogen) atoms. The van der Waals surface area contributed by atoms with Crippen molar-refractivity contribution in [2.75, 3.05) is 5.75 Å². The van der Waals surface area contributed by atoms with Gasteiger partial charge in [0.2, 0.25) is 0 Å². The van der Waals surface area contributed by atoms with E-state index in [1.807, 2.05) is 18.2 Å². The van der Waals surface area contributed by atoms with E-state index in [1.54, 1.807) is 6.07 Å². The fourth-order valence-corrected chi connectivity index (χ4v) is 2.21. The number of hydrogen-bond acceptors (Lipinski definition) is 3. The molecule has 0 fully saturated rings. The number of thioether (sulfide) groups is 1. The molecule has 0 aromatic heterocycles. The average molecular weight is 180 g/mol. The second kappa shape index (κ2) is 2.92. The lowest BCUT2D eigenvalue weighted by Gasteiger charge is -2.17. The molecule has 1 aromatic rings. The summed E-state index contributed by atoms with van der Waals surface area (Å²) < 4.78 is 0. The number of benzene rings is 1. The molecule has 2 rings (SSSR count). The van der Waals surface area contributed by atoms with Gasteiger partial charge < -0.3 is 5.11 Å². The zero-order valence-electron chi connectivity index (χ0n) is 6.36. The third kappa shape index (κ3) is 1.15. The van der Waals surface area contributed by atoms with Crippen LogP contribution in [0.1, 0.15) is 10.4 Å². The number of rotatable bonds is 0. The van der Waals surface area contributed by atoms with E-state index >= 15 is 0 Å². The number of hydrogen-bond donors (Lipinski definition) is 1. The van der Waals surface area contributed by atoms with Crippen LogP contribution in [0.2, 0.25) is 0 Å². The number of aliphatic hydroxyl groups excluding tert-OH is 1. The molecule has 0 saturated carbocycles. The Kier molecular flexibility index (Phi) is 1.90. The highest BCUT2D eigenvalue weighted by Crippen LogP contribution is 2.29. The molecule has 0 saturated heterocycles. The molecular formula is C9H8O2S. The Hall–Kier alpha value is -0.800. The lowest BCUT2D eigenvalue weighted by molar-refractivity contribution is 0.0779. The number of fused-ring (bicyclic) bond motifs is 1. The average Bonchev–Trinajstić information content (AvgIpc) is 2.12. The van der Waals surface area contributed by atoms with Gasteiger partial charge in [-0.25, -0.2) is 0 Å². The van der Waals surface area contributed by atoms with Crippen LogP contribution >= 0.6 is 11.8 Å². The summed E-state index contributed by atoms with van der Waals surface area (Å²) in [4.78, 5) is 12.3. The fraction of sp³-hybridized carbons (Fsp3) is 0.222. The minimum Gasteiger partial charge on any atom is -0.384 e. The molecule has 1 atom stereocenters. The Morgan fingerprint density at radius 2 is 2.17 bits per heavy atom. The van der Waals surface area contributed by atoms with Crippen LogP contribution in [-0.2, 0) is 0 Å². The molecule has 1 aliphatic rings. The molecule has 62 valence electrons. The van der Waals surface area contributed by atoms with Crippen molar-refractivity contribution in [3.8, 4) is 0 Å². The van der Waals surface area contributed by atoms with E-state index in [1.165, 1.54) is 11.8 Å². The number of Topliss-reactive ketones (excluding diaryl/α,β-unsaturated/α-hetero) is 1. The smallest absolute Gasteiger partial charge is 0.193 e. The maximum atomic E-state index is 11.4. The predicted octanol–water partition coefficient (Wildman–Crippen LogP) is 1.34. The van der Waals surface area contributed by atoms with Gasteiger partial charge in [0.05, 0.1) is 0 Å². The van der Waals surface area contributed by atoms with E-state index in [0.29, 0.717) is 11.3 Å². The maximum absolute atomic E-state index is 11.4. The van der Waals surface area contributed by atoms with Gasteiger partial charge in [0.15, 0.2) is 5.78 Å². The summed E-state index contributed by atoms with van der Waals surface area (Å²) in [5.41, 5.74) is 0.654. The topological polar surface area (TPSA) is 37.3 Å². The standard InChI is InChI=1S/C9H8O2S/c10-7-5-12-8-4-2-1-3-6(8)9(7)11/h1-4,7,10H,5H2. The zero-order valence-corrected chi connectivity index (χ0v) is 7.17. The molecule has 1 heterocycles. The van der Waals surface area contributed by atoms with E-state index in [-0.39, 0.29) is 5.78 Å². The van der Waals surface area contributed by atoms with Crippen LogP contribution in [0, 0.1) is 0 Å². The normalized spacial score (nSPS) is 22.1. The van der Waals surface area contributed by atoms with Crippen molar-refractivity contribution in [1.82, 2.24) is 0 Å². The van der Waals surface area contributed by atoms with Crippen molar-refractivity contribution >= 4 is 17.5 Å². The summed E-state index contributed by atoms with van der Waals surface area (Å²) in [7, 11) is 0. The third-order valence-electron chi connectivity index (χ3n) is 1.85. The summed E-state index contributed by atoms with van der Waals surface area (Å²) in [5.74, 6) is 0.333. The van der Waals surface area contributed by atoms with Crippen molar-refractivity contribution in [3.05, 3.63) is 29.8 Å². The van der Waals surface area contributed by atoms with Gasteiger partial charge in [-0.15, -0.1) is 11.8 Å². The SMILES string of the molecule is O=C1c2ccccc2SCC1O. The first-order chi connectivity index (χ1) is 5.79. The lowest BCUT2D eigenvalue weighted by Crippen LogP contribution is -2.26. The van der Waals surface area contributed by atoms with Crippen molar-refractivity contribution in [2.24, 2.45) is 0 Å². The summed E-state index contributed by atoms with van der Waals surface area (Å²) in [6.45, 7) is 0. The second-order valence-electron chi connectivity index (χ2n) is 2.69. The molecule has 1 aromatic carbocycles. The highest BCUT2D eigenvalue weighted by Gasteiger charge is 2.24. The number of carbonyl (C=O) groups is 1. The number of ketones is 1. The van der Waals surface area contributed by atoms with E-state index in [0.717, 1.165) is 4.90 Å². The van der Waals surface area contributed by atoms with E-state index < -0.39 is 6.10 Å². The molecule has 0 radical (unpaired) electrons. The molecule has 0 spiro atoms. The van der Waals surface area contributed by atoms with Crippen LogP contribution in [-0.4, -0.2) is 22.7 Å². The largest absolute Gasteiger partial charge is 0.384 e. The highest BCUT2D eigenvalue weighted by atomic mass is 32.2. The lowest BCUT2D eigenvalue weighted by atomic mass is 10.1. The molecule has 0 aliphatic carbocycles. The van der Waals surface area contributed by atoms with Crippen molar-refractivity contribution in [1.29, 1.82) is 0 Å². The molecule has 1 aliphatic heterocycles. The second-order valence-corrected chi connectivity index (χ2v) is 3.75. The van der Waals surface area contributed by atoms with Crippen LogP contribution in [0.25, 0.3) is 0 Å². The van der Waals surface area contributed by atoms with Gasteiger partial charge in [0.1, 0.15) is 6.10 Å². The van der Waals surface area contributed by atoms with Gasteiger partial charge in [-0.05, 0) is 6.07 Å². The van der Waals surface area contributed by atoms with Gasteiger partial charge in [-0.1, -0.05) is 18.2 Å². The van der Waals surface area contributed by atoms with Crippen LogP contribution in [0.15, 0.2) is 29.2 Å². The Labute approximate surface area is 74.6 Å². The first kappa shape index (κ1) is 7.83. The van der Waals surface area contributed by atoms with Crippen molar-refractivity contribution in [3.63, 3.8) is 0 Å². The number of carbonyl (C=O) groups excluding carboxylic acids is 1. The predicted molar refractivity (Wildman–Crippen MR) is 47.5 cm³/mol. The molecule has 0 bridgehead atoms. The summed E-state index contributed by atoms with van der Waals surface area (Å²) in [6.07, 6.45) is -0.815. The van der Waals surface area contributed by atoms with Gasteiger partial charge in [0.25, 0.3) is 0 Å². The minimum atomic E-state index is -0.815. The molecular weight excluding hydrogens is 172 g/mol. The highest BCUT2D eigenvalue weighted by molar-refractivity contribution is 7.99. The van der Waals surface area contributed by atoms with Gasteiger partial charge in [-0.3, -0.25) is 4.79 Å². The maximum Gasteiger partial charge on any atom is 0.193 e. The van der Waals surface area contributed by atoms with Crippen LogP contribution in [0.4, 0.5) is 0 Å². The van der Waals surface area contributed by atoms with E-state index in [9.17, 15) is 9.90 Å². The number of aliphatic hydroxyl groups is 1. The molecule has 1 N–H and O–H groups in total. The third-order valence-corrected chi connectivity index (χ3v) is 3.00. The molecule has 1 unspecified atom stereocenters. The minimum absolute atomic E-state index is 0.149. The Morgan fingerprint density at radius 1 is 1.42 bits per heavy atom. The molecule has 0 amide bonds. The van der Waals surface area contributed by atoms with E-state index in [2.05, 4.69) is 0 Å². The van der Waals surface area contributed by atoms with Gasteiger partial charge in [-0.2, -0.15) is 0 Å². The Morgan fingerprint density at radius 3 is 3.00 bits per heavy atom. The summed E-state index contributed by atoms with van der Waals surface area (Å²) in [6, 6.07) is 7.38.